The predicted octanol–water partition coefficient (Wildman–Crippen LogP) is 2.93. The summed E-state index contributed by atoms with van der Waals surface area (Å²) >= 11 is 0. The van der Waals surface area contributed by atoms with E-state index >= 15 is 0 Å². The lowest BCUT2D eigenvalue weighted by atomic mass is 10.2. The topological polar surface area (TPSA) is 53.7 Å². The summed E-state index contributed by atoms with van der Waals surface area (Å²) in [5.74, 6) is 0.839. The Kier molecular flexibility index (Phi) is 4.23. The lowest BCUT2D eigenvalue weighted by Gasteiger charge is -2.21. The number of carbonyl (C=O) groups is 1. The largest absolute Gasteiger partial charge is 0.480 e. The van der Waals surface area contributed by atoms with Gasteiger partial charge in [-0.15, -0.1) is 0 Å². The number of carboxylic acid groups (broad SMARTS) is 1. The van der Waals surface area contributed by atoms with Gasteiger partial charge in [0.25, 0.3) is 0 Å². The lowest BCUT2D eigenvalue weighted by molar-refractivity contribution is -0.135. The maximum Gasteiger partial charge on any atom is 0.323 e. The van der Waals surface area contributed by atoms with Crippen LogP contribution >= 0.6 is 0 Å². The van der Waals surface area contributed by atoms with Gasteiger partial charge in [-0.05, 0) is 24.3 Å². The highest BCUT2D eigenvalue weighted by Gasteiger charge is 2.13. The number of furan rings is 1. The number of aryl methyl sites for hydroxylation is 1. The fourth-order valence-electron chi connectivity index (χ4n) is 1.93. The second-order valence-electron chi connectivity index (χ2n) is 4.31. The molecule has 4 heteroatoms. The van der Waals surface area contributed by atoms with E-state index < -0.39 is 5.97 Å². The van der Waals surface area contributed by atoms with E-state index in [9.17, 15) is 4.79 Å². The predicted molar refractivity (Wildman–Crippen MR) is 73.2 cm³/mol. The Balaban J connectivity index is 2.16. The molecule has 0 amide bonds. The Morgan fingerprint density at radius 1 is 1.16 bits per heavy atom. The van der Waals surface area contributed by atoms with Crippen LogP contribution in [0, 0.1) is 0 Å². The second kappa shape index (κ2) is 6.09. The summed E-state index contributed by atoms with van der Waals surface area (Å²) < 4.78 is 5.63. The van der Waals surface area contributed by atoms with Crippen molar-refractivity contribution >= 4 is 11.7 Å². The third kappa shape index (κ3) is 3.61. The van der Waals surface area contributed by atoms with Gasteiger partial charge in [0, 0.05) is 12.1 Å². The second-order valence-corrected chi connectivity index (χ2v) is 4.31. The van der Waals surface area contributed by atoms with Crippen molar-refractivity contribution in [2.75, 3.05) is 11.4 Å². The van der Waals surface area contributed by atoms with E-state index in [-0.39, 0.29) is 6.54 Å². The van der Waals surface area contributed by atoms with E-state index in [2.05, 4.69) is 0 Å². The van der Waals surface area contributed by atoms with E-state index in [1.807, 2.05) is 49.4 Å². The van der Waals surface area contributed by atoms with Gasteiger partial charge in [0.2, 0.25) is 0 Å². The molecule has 0 aliphatic carbocycles. The van der Waals surface area contributed by atoms with Crippen LogP contribution in [0.3, 0.4) is 0 Å². The van der Waals surface area contributed by atoms with E-state index in [1.165, 1.54) is 0 Å². The Hall–Kier alpha value is -2.23. The highest BCUT2D eigenvalue weighted by molar-refractivity contribution is 5.73. The van der Waals surface area contributed by atoms with Crippen molar-refractivity contribution in [3.63, 3.8) is 0 Å². The maximum absolute atomic E-state index is 11.0. The van der Waals surface area contributed by atoms with E-state index in [1.54, 1.807) is 4.90 Å². The molecule has 1 aromatic heterocycles. The van der Waals surface area contributed by atoms with Gasteiger partial charge in [-0.3, -0.25) is 4.79 Å². The van der Waals surface area contributed by atoms with Crippen molar-refractivity contribution in [3.05, 3.63) is 54.0 Å². The van der Waals surface area contributed by atoms with Gasteiger partial charge in [-0.2, -0.15) is 0 Å². The van der Waals surface area contributed by atoms with Gasteiger partial charge in [0.15, 0.2) is 0 Å². The standard InChI is InChI=1S/C15H17NO3/c1-2-13-8-9-14(19-13)10-16(11-15(17)18)12-6-4-3-5-7-12/h3-9H,2,10-11H2,1H3,(H,17,18). The average molecular weight is 259 g/mol. The van der Waals surface area contributed by atoms with Crippen molar-refractivity contribution in [2.45, 2.75) is 19.9 Å². The van der Waals surface area contributed by atoms with E-state index in [0.29, 0.717) is 6.54 Å². The van der Waals surface area contributed by atoms with Crippen molar-refractivity contribution in [2.24, 2.45) is 0 Å². The maximum atomic E-state index is 11.0. The van der Waals surface area contributed by atoms with Crippen LogP contribution in [-0.4, -0.2) is 17.6 Å². The molecule has 1 aromatic carbocycles. The first-order chi connectivity index (χ1) is 9.19. The number of anilines is 1. The summed E-state index contributed by atoms with van der Waals surface area (Å²) in [5, 5.41) is 9.00. The smallest absolute Gasteiger partial charge is 0.323 e. The Morgan fingerprint density at radius 2 is 1.84 bits per heavy atom. The zero-order valence-electron chi connectivity index (χ0n) is 10.9. The minimum absolute atomic E-state index is 0.0494. The number of hydrogen-bond acceptors (Lipinski definition) is 3. The molecule has 0 saturated carbocycles. The molecule has 19 heavy (non-hydrogen) atoms. The number of carboxylic acids is 1. The van der Waals surface area contributed by atoms with Gasteiger partial charge in [-0.25, -0.2) is 0 Å². The Bertz CT molecular complexity index is 533. The van der Waals surface area contributed by atoms with Crippen LogP contribution in [0.5, 0.6) is 0 Å². The van der Waals surface area contributed by atoms with Gasteiger partial charge in [0.05, 0.1) is 6.54 Å². The van der Waals surface area contributed by atoms with Crippen LogP contribution in [0.25, 0.3) is 0 Å². The Morgan fingerprint density at radius 3 is 2.42 bits per heavy atom. The highest BCUT2D eigenvalue weighted by Crippen LogP contribution is 2.18. The van der Waals surface area contributed by atoms with Crippen LogP contribution in [0.1, 0.15) is 18.4 Å². The highest BCUT2D eigenvalue weighted by atomic mass is 16.4. The number of nitrogens with zero attached hydrogens (tertiary/aromatic N) is 1. The van der Waals surface area contributed by atoms with Crippen molar-refractivity contribution in [1.82, 2.24) is 0 Å². The number of benzene rings is 1. The molecule has 0 atom stereocenters. The molecular weight excluding hydrogens is 242 g/mol. The first kappa shape index (κ1) is 13.2. The van der Waals surface area contributed by atoms with Gasteiger partial charge in [-0.1, -0.05) is 25.1 Å². The monoisotopic (exact) mass is 259 g/mol. The molecule has 0 aliphatic heterocycles. The molecule has 0 fully saturated rings. The van der Waals surface area contributed by atoms with Gasteiger partial charge in [0.1, 0.15) is 18.1 Å². The molecule has 0 spiro atoms. The normalized spacial score (nSPS) is 10.4. The van der Waals surface area contributed by atoms with Crippen LogP contribution in [0.15, 0.2) is 46.9 Å². The quantitative estimate of drug-likeness (QED) is 0.866. The molecule has 0 radical (unpaired) electrons. The molecule has 1 N–H and O–H groups in total. The van der Waals surface area contributed by atoms with Crippen molar-refractivity contribution < 1.29 is 14.3 Å². The molecule has 1 heterocycles. The lowest BCUT2D eigenvalue weighted by Crippen LogP contribution is -2.28. The van der Waals surface area contributed by atoms with Gasteiger partial charge < -0.3 is 14.4 Å². The summed E-state index contributed by atoms with van der Waals surface area (Å²) in [6.07, 6.45) is 0.838. The third-order valence-electron chi connectivity index (χ3n) is 2.86. The van der Waals surface area contributed by atoms with Crippen LogP contribution in [0.4, 0.5) is 5.69 Å². The van der Waals surface area contributed by atoms with Crippen LogP contribution in [-0.2, 0) is 17.8 Å². The number of rotatable bonds is 6. The average Bonchev–Trinajstić information content (AvgIpc) is 2.86. The molecule has 0 aliphatic rings. The Labute approximate surface area is 112 Å². The summed E-state index contributed by atoms with van der Waals surface area (Å²) in [6, 6.07) is 13.3. The molecule has 100 valence electrons. The summed E-state index contributed by atoms with van der Waals surface area (Å²) in [4.78, 5) is 12.7. The molecule has 0 unspecified atom stereocenters. The molecule has 2 rings (SSSR count). The SMILES string of the molecule is CCc1ccc(CN(CC(=O)O)c2ccccc2)o1. The summed E-state index contributed by atoms with van der Waals surface area (Å²) in [7, 11) is 0. The minimum Gasteiger partial charge on any atom is -0.480 e. The van der Waals surface area contributed by atoms with Gasteiger partial charge >= 0.3 is 5.97 Å². The summed E-state index contributed by atoms with van der Waals surface area (Å²) in [5.41, 5.74) is 0.874. The fraction of sp³-hybridized carbons (Fsp3) is 0.267. The van der Waals surface area contributed by atoms with E-state index in [0.717, 1.165) is 23.6 Å². The molecular formula is C15H17NO3. The van der Waals surface area contributed by atoms with Crippen molar-refractivity contribution in [3.8, 4) is 0 Å². The molecule has 4 nitrogen and oxygen atoms in total. The first-order valence-electron chi connectivity index (χ1n) is 6.28. The molecule has 2 aromatic rings. The number of hydrogen-bond donors (Lipinski definition) is 1. The molecule has 0 bridgehead atoms. The zero-order valence-corrected chi connectivity index (χ0v) is 10.9. The van der Waals surface area contributed by atoms with Crippen molar-refractivity contribution in [1.29, 1.82) is 0 Å². The van der Waals surface area contributed by atoms with Crippen LogP contribution in [0.2, 0.25) is 0 Å². The number of para-hydroxylation sites is 1. The fourth-order valence-corrected chi connectivity index (χ4v) is 1.93. The van der Waals surface area contributed by atoms with Crippen LogP contribution < -0.4 is 4.90 Å². The van der Waals surface area contributed by atoms with E-state index in [4.69, 9.17) is 9.52 Å². The summed E-state index contributed by atoms with van der Waals surface area (Å²) in [6.45, 7) is 2.43. The molecule has 0 saturated heterocycles. The number of aliphatic carboxylic acids is 1. The first-order valence-corrected chi connectivity index (χ1v) is 6.28. The third-order valence-corrected chi connectivity index (χ3v) is 2.86. The minimum atomic E-state index is -0.855. The zero-order chi connectivity index (χ0) is 13.7.